The number of nitrogens with zero attached hydrogens (tertiary/aromatic N) is 4. The highest BCUT2D eigenvalue weighted by Gasteiger charge is 2.46. The molecule has 0 N–H and O–H groups in total. The van der Waals surface area contributed by atoms with Crippen molar-refractivity contribution >= 4 is 21.5 Å². The van der Waals surface area contributed by atoms with Crippen LogP contribution in [0.15, 0.2) is 231 Å². The van der Waals surface area contributed by atoms with Gasteiger partial charge in [0.2, 0.25) is 0 Å². The molecule has 0 saturated heterocycles. The molecule has 63 heavy (non-hydrogen) atoms. The number of hydrogen-bond donors (Lipinski definition) is 0. The average molecular weight is 803 g/mol. The first kappa shape index (κ1) is 36.5. The summed E-state index contributed by atoms with van der Waals surface area (Å²) in [6.07, 6.45) is 1.85. The molecule has 0 spiro atoms. The van der Waals surface area contributed by atoms with Crippen LogP contribution >= 0.6 is 0 Å². The largest absolute Gasteiger partial charge is 0.256 e. The minimum Gasteiger partial charge on any atom is -0.256 e. The van der Waals surface area contributed by atoms with Crippen molar-refractivity contribution in [2.24, 2.45) is 0 Å². The molecule has 2 heterocycles. The van der Waals surface area contributed by atoms with Crippen LogP contribution in [0.1, 0.15) is 22.3 Å². The minimum absolute atomic E-state index is 0.524. The predicted molar refractivity (Wildman–Crippen MR) is 257 cm³/mol. The Morgan fingerprint density at radius 3 is 1.40 bits per heavy atom. The van der Waals surface area contributed by atoms with Crippen LogP contribution in [0, 0.1) is 0 Å². The number of fused-ring (bicyclic) bond motifs is 5. The molecule has 0 saturated carbocycles. The molecule has 0 aliphatic heterocycles. The molecule has 0 radical (unpaired) electrons. The Balaban J connectivity index is 1.09. The standard InChI is InChI=1S/C59H38N4/c1-3-19-49(20-4-1)59(50-21-5-2-6-22-50)53-24-12-11-23-51(53)52-31-30-43(38-54(52)59)46-35-47(55-25-13-14-32-60-55)37-48(36-46)58-62-56(44-28-26-39-15-7-9-17-41(39)33-44)61-57(63-58)45-29-27-40-16-8-10-18-42(40)34-45/h1-38H. The van der Waals surface area contributed by atoms with E-state index in [1.807, 2.05) is 18.3 Å². The lowest BCUT2D eigenvalue weighted by molar-refractivity contribution is 0.769. The number of pyridine rings is 1. The average Bonchev–Trinajstić information content (AvgIpc) is 3.67. The molecule has 4 nitrogen and oxygen atoms in total. The van der Waals surface area contributed by atoms with Crippen LogP contribution in [0.4, 0.5) is 0 Å². The van der Waals surface area contributed by atoms with Crippen LogP contribution in [-0.2, 0) is 5.41 Å². The zero-order valence-electron chi connectivity index (χ0n) is 34.2. The molecule has 294 valence electrons. The lowest BCUT2D eigenvalue weighted by Gasteiger charge is -2.34. The summed E-state index contributed by atoms with van der Waals surface area (Å²) in [5.74, 6) is 1.82. The van der Waals surface area contributed by atoms with Gasteiger partial charge in [0.05, 0.1) is 11.1 Å². The first-order valence-electron chi connectivity index (χ1n) is 21.4. The topological polar surface area (TPSA) is 51.6 Å². The molecule has 0 bridgehead atoms. The van der Waals surface area contributed by atoms with Crippen molar-refractivity contribution in [2.45, 2.75) is 5.41 Å². The number of hydrogen-bond acceptors (Lipinski definition) is 4. The maximum atomic E-state index is 5.28. The monoisotopic (exact) mass is 802 g/mol. The summed E-state index contributed by atoms with van der Waals surface area (Å²) in [5.41, 5.74) is 13.7. The second-order valence-corrected chi connectivity index (χ2v) is 16.2. The van der Waals surface area contributed by atoms with E-state index in [9.17, 15) is 0 Å². The molecule has 11 aromatic rings. The highest BCUT2D eigenvalue weighted by atomic mass is 15.0. The van der Waals surface area contributed by atoms with E-state index in [1.165, 1.54) is 44.2 Å². The maximum Gasteiger partial charge on any atom is 0.164 e. The minimum atomic E-state index is -0.524. The summed E-state index contributed by atoms with van der Waals surface area (Å²) in [6.45, 7) is 0. The predicted octanol–water partition coefficient (Wildman–Crippen LogP) is 14.3. The molecular weight excluding hydrogens is 765 g/mol. The third kappa shape index (κ3) is 6.23. The fourth-order valence-corrected chi connectivity index (χ4v) is 9.65. The number of aromatic nitrogens is 4. The summed E-state index contributed by atoms with van der Waals surface area (Å²) in [4.78, 5) is 20.6. The van der Waals surface area contributed by atoms with E-state index in [1.54, 1.807) is 0 Å². The van der Waals surface area contributed by atoms with Crippen LogP contribution < -0.4 is 0 Å². The molecule has 1 aliphatic rings. The SMILES string of the molecule is c1ccc(C2(c3ccccc3)c3ccccc3-c3ccc(-c4cc(-c5ccccn5)cc(-c5nc(-c6ccc7ccccc7c6)nc(-c6ccc7ccccc7c6)n5)c4)cc32)cc1. The van der Waals surface area contributed by atoms with Crippen molar-refractivity contribution < 1.29 is 0 Å². The van der Waals surface area contributed by atoms with Gasteiger partial charge in [-0.05, 0) is 115 Å². The van der Waals surface area contributed by atoms with Crippen molar-refractivity contribution in [3.05, 3.63) is 253 Å². The molecule has 1 aliphatic carbocycles. The number of rotatable bonds is 7. The Morgan fingerprint density at radius 1 is 0.286 bits per heavy atom. The third-order valence-corrected chi connectivity index (χ3v) is 12.6. The van der Waals surface area contributed by atoms with Gasteiger partial charge in [0, 0.05) is 28.5 Å². The van der Waals surface area contributed by atoms with Crippen molar-refractivity contribution in [2.75, 3.05) is 0 Å². The van der Waals surface area contributed by atoms with Gasteiger partial charge in [-0.2, -0.15) is 0 Å². The molecular formula is C59H38N4. The number of benzene rings is 9. The van der Waals surface area contributed by atoms with Crippen LogP contribution in [0.2, 0.25) is 0 Å². The van der Waals surface area contributed by atoms with E-state index in [4.69, 9.17) is 19.9 Å². The Labute approximate surface area is 365 Å². The molecule has 0 fully saturated rings. The van der Waals surface area contributed by atoms with E-state index in [0.717, 1.165) is 49.8 Å². The van der Waals surface area contributed by atoms with Gasteiger partial charge < -0.3 is 0 Å². The Kier molecular flexibility index (Phi) is 8.68. The molecule has 0 amide bonds. The van der Waals surface area contributed by atoms with Crippen LogP contribution in [0.25, 0.3) is 89.2 Å². The fraction of sp³-hybridized carbons (Fsp3) is 0.0169. The highest BCUT2D eigenvalue weighted by Crippen LogP contribution is 2.56. The van der Waals surface area contributed by atoms with E-state index >= 15 is 0 Å². The summed E-state index contributed by atoms with van der Waals surface area (Å²) < 4.78 is 0. The Bertz CT molecular complexity index is 3370. The van der Waals surface area contributed by atoms with Crippen LogP contribution in [0.5, 0.6) is 0 Å². The van der Waals surface area contributed by atoms with Crippen LogP contribution in [0.3, 0.4) is 0 Å². The first-order chi connectivity index (χ1) is 31.2. The highest BCUT2D eigenvalue weighted by molar-refractivity contribution is 5.91. The van der Waals surface area contributed by atoms with Gasteiger partial charge in [-0.1, -0.05) is 176 Å². The van der Waals surface area contributed by atoms with Crippen LogP contribution in [-0.4, -0.2) is 19.9 Å². The second kappa shape index (κ2) is 15.0. The summed E-state index contributed by atoms with van der Waals surface area (Å²) in [7, 11) is 0. The molecule has 0 atom stereocenters. The molecule has 4 heteroatoms. The van der Waals surface area contributed by atoms with Crippen molar-refractivity contribution in [1.29, 1.82) is 0 Å². The summed E-state index contributed by atoms with van der Waals surface area (Å²) in [6, 6.07) is 80.1. The van der Waals surface area contributed by atoms with E-state index in [2.05, 4.69) is 212 Å². The Hall–Kier alpha value is -8.34. The lowest BCUT2D eigenvalue weighted by Crippen LogP contribution is -2.28. The zero-order valence-corrected chi connectivity index (χ0v) is 34.2. The van der Waals surface area contributed by atoms with Crippen molar-refractivity contribution in [3.63, 3.8) is 0 Å². The summed E-state index contributed by atoms with van der Waals surface area (Å²) in [5, 5.41) is 4.59. The van der Waals surface area contributed by atoms with Crippen molar-refractivity contribution in [1.82, 2.24) is 19.9 Å². The second-order valence-electron chi connectivity index (χ2n) is 16.2. The quantitative estimate of drug-likeness (QED) is 0.161. The molecule has 0 unspecified atom stereocenters. The molecule has 9 aromatic carbocycles. The Morgan fingerprint density at radius 2 is 0.778 bits per heavy atom. The van der Waals surface area contributed by atoms with E-state index in [0.29, 0.717) is 17.5 Å². The normalized spacial score (nSPS) is 12.6. The van der Waals surface area contributed by atoms with Gasteiger partial charge in [0.1, 0.15) is 0 Å². The first-order valence-corrected chi connectivity index (χ1v) is 21.4. The third-order valence-electron chi connectivity index (χ3n) is 12.6. The smallest absolute Gasteiger partial charge is 0.164 e. The fourth-order valence-electron chi connectivity index (χ4n) is 9.65. The van der Waals surface area contributed by atoms with Gasteiger partial charge in [0.15, 0.2) is 17.5 Å². The van der Waals surface area contributed by atoms with Gasteiger partial charge >= 0.3 is 0 Å². The van der Waals surface area contributed by atoms with Gasteiger partial charge in [-0.3, -0.25) is 4.98 Å². The van der Waals surface area contributed by atoms with E-state index in [-0.39, 0.29) is 0 Å². The zero-order chi connectivity index (χ0) is 41.7. The lowest BCUT2D eigenvalue weighted by atomic mass is 9.67. The van der Waals surface area contributed by atoms with Gasteiger partial charge in [-0.25, -0.2) is 15.0 Å². The van der Waals surface area contributed by atoms with E-state index < -0.39 is 5.41 Å². The molecule has 2 aromatic heterocycles. The van der Waals surface area contributed by atoms with Gasteiger partial charge in [-0.15, -0.1) is 0 Å². The molecule has 12 rings (SSSR count). The maximum absolute atomic E-state index is 5.28. The summed E-state index contributed by atoms with van der Waals surface area (Å²) >= 11 is 0. The van der Waals surface area contributed by atoms with Crippen molar-refractivity contribution in [3.8, 4) is 67.7 Å². The van der Waals surface area contributed by atoms with Gasteiger partial charge in [0.25, 0.3) is 0 Å².